The molecule has 0 amide bonds. The maximum Gasteiger partial charge on any atom is 0.347 e. The molecule has 0 saturated carbocycles. The van der Waals surface area contributed by atoms with Gasteiger partial charge in [0.1, 0.15) is 0 Å². The smallest absolute Gasteiger partial charge is 0.298 e. The summed E-state index contributed by atoms with van der Waals surface area (Å²) in [7, 11) is 0. The van der Waals surface area contributed by atoms with Crippen LogP contribution in [0.5, 0.6) is 0 Å². The number of unbranched alkanes of at least 4 members (excludes halogenated alkanes) is 3. The van der Waals surface area contributed by atoms with Crippen molar-refractivity contribution in [1.82, 2.24) is 0 Å². The van der Waals surface area contributed by atoms with Crippen LogP contribution in [0.3, 0.4) is 0 Å². The van der Waals surface area contributed by atoms with Crippen LogP contribution in [0, 0.1) is 5.41 Å². The molecule has 0 aliphatic carbocycles. The van der Waals surface area contributed by atoms with Gasteiger partial charge in [0.2, 0.25) is 0 Å². The van der Waals surface area contributed by atoms with Crippen molar-refractivity contribution < 1.29 is 14.6 Å². The van der Waals surface area contributed by atoms with E-state index in [0.29, 0.717) is 6.61 Å². The zero-order chi connectivity index (χ0) is 12.4. The first-order valence-corrected chi connectivity index (χ1v) is 6.38. The lowest BCUT2D eigenvalue weighted by Crippen LogP contribution is -2.26. The molecule has 0 unspecified atom stereocenters. The van der Waals surface area contributed by atoms with Gasteiger partial charge in [0.05, 0.1) is 12.0 Å². The molecule has 0 aliphatic rings. The minimum Gasteiger partial charge on any atom is -0.298 e. The first kappa shape index (κ1) is 15.4. The Hall–Kier alpha value is -0.570. The van der Waals surface area contributed by atoms with E-state index in [1.54, 1.807) is 0 Å². The molecule has 0 aromatic rings. The standard InChI is InChI=1S/C13H26O3/c1-5-7-9-10-13(3,4)12(14)16-15-11-8-6-2/h5-11H2,1-4H3. The van der Waals surface area contributed by atoms with Gasteiger partial charge in [-0.2, -0.15) is 4.89 Å². The minimum absolute atomic E-state index is 0.250. The van der Waals surface area contributed by atoms with Gasteiger partial charge >= 0.3 is 5.97 Å². The van der Waals surface area contributed by atoms with E-state index in [4.69, 9.17) is 9.78 Å². The fourth-order valence-electron chi connectivity index (χ4n) is 1.33. The molecule has 0 aliphatic heterocycles. The van der Waals surface area contributed by atoms with Crippen LogP contribution in [-0.2, 0) is 14.6 Å². The number of hydrogen-bond acceptors (Lipinski definition) is 3. The molecule has 0 fully saturated rings. The fraction of sp³-hybridized carbons (Fsp3) is 0.923. The van der Waals surface area contributed by atoms with Crippen molar-refractivity contribution in [2.24, 2.45) is 5.41 Å². The molecule has 0 spiro atoms. The maximum atomic E-state index is 11.7. The van der Waals surface area contributed by atoms with Crippen LogP contribution in [0.1, 0.15) is 66.2 Å². The molecule has 0 rings (SSSR count). The van der Waals surface area contributed by atoms with Gasteiger partial charge in [0.15, 0.2) is 0 Å². The SMILES string of the molecule is CCCCCC(C)(C)C(=O)OOCCCC. The molecule has 0 aromatic heterocycles. The van der Waals surface area contributed by atoms with Gasteiger partial charge in [0, 0.05) is 0 Å². The molecule has 3 heteroatoms. The van der Waals surface area contributed by atoms with Gasteiger partial charge in [-0.05, 0) is 26.7 Å². The zero-order valence-electron chi connectivity index (χ0n) is 11.2. The fourth-order valence-corrected chi connectivity index (χ4v) is 1.33. The molecule has 0 atom stereocenters. The van der Waals surface area contributed by atoms with Crippen LogP contribution in [0.2, 0.25) is 0 Å². The van der Waals surface area contributed by atoms with Gasteiger partial charge < -0.3 is 0 Å². The normalized spacial score (nSPS) is 11.5. The molecule has 0 saturated heterocycles. The number of hydrogen-bond donors (Lipinski definition) is 0. The van der Waals surface area contributed by atoms with E-state index in [1.807, 2.05) is 13.8 Å². The van der Waals surface area contributed by atoms with Gasteiger partial charge in [-0.25, -0.2) is 4.79 Å². The number of carbonyl (C=O) groups is 1. The summed E-state index contributed by atoms with van der Waals surface area (Å²) in [5.74, 6) is -0.250. The summed E-state index contributed by atoms with van der Waals surface area (Å²) in [4.78, 5) is 21.4. The quantitative estimate of drug-likeness (QED) is 0.343. The van der Waals surface area contributed by atoms with Crippen molar-refractivity contribution in [3.8, 4) is 0 Å². The summed E-state index contributed by atoms with van der Waals surface area (Å²) >= 11 is 0. The monoisotopic (exact) mass is 230 g/mol. The lowest BCUT2D eigenvalue weighted by molar-refractivity contribution is -0.280. The highest BCUT2D eigenvalue weighted by atomic mass is 17.2. The van der Waals surface area contributed by atoms with E-state index >= 15 is 0 Å². The summed E-state index contributed by atoms with van der Waals surface area (Å²) in [6.45, 7) is 8.54. The third-order valence-electron chi connectivity index (χ3n) is 2.67. The second kappa shape index (κ2) is 8.57. The predicted molar refractivity (Wildman–Crippen MR) is 64.9 cm³/mol. The summed E-state index contributed by atoms with van der Waals surface area (Å²) in [5, 5.41) is 0. The summed E-state index contributed by atoms with van der Waals surface area (Å²) in [5.41, 5.74) is -0.429. The first-order valence-electron chi connectivity index (χ1n) is 6.38. The van der Waals surface area contributed by atoms with Crippen LogP contribution < -0.4 is 0 Å². The molecule has 0 aromatic carbocycles. The summed E-state index contributed by atoms with van der Waals surface area (Å²) in [6.07, 6.45) is 6.21. The van der Waals surface area contributed by atoms with E-state index in [1.165, 1.54) is 0 Å². The molecular formula is C13H26O3. The van der Waals surface area contributed by atoms with Gasteiger partial charge in [-0.1, -0.05) is 39.5 Å². The van der Waals surface area contributed by atoms with Crippen LogP contribution in [0.4, 0.5) is 0 Å². The highest BCUT2D eigenvalue weighted by Gasteiger charge is 2.29. The molecule has 0 N–H and O–H groups in total. The van der Waals surface area contributed by atoms with E-state index in [-0.39, 0.29) is 5.97 Å². The van der Waals surface area contributed by atoms with E-state index in [2.05, 4.69) is 13.8 Å². The van der Waals surface area contributed by atoms with Crippen LogP contribution in [0.25, 0.3) is 0 Å². The van der Waals surface area contributed by atoms with Crippen molar-refractivity contribution >= 4 is 5.97 Å². The van der Waals surface area contributed by atoms with Crippen molar-refractivity contribution in [3.63, 3.8) is 0 Å². The highest BCUT2D eigenvalue weighted by molar-refractivity contribution is 5.75. The predicted octanol–water partition coefficient (Wildman–Crippen LogP) is 3.87. The Morgan fingerprint density at radius 2 is 1.69 bits per heavy atom. The Bertz CT molecular complexity index is 188. The first-order chi connectivity index (χ1) is 7.54. The second-order valence-corrected chi connectivity index (χ2v) is 4.89. The van der Waals surface area contributed by atoms with Gasteiger partial charge in [-0.15, -0.1) is 0 Å². The van der Waals surface area contributed by atoms with Crippen LogP contribution >= 0.6 is 0 Å². The molecule has 16 heavy (non-hydrogen) atoms. The van der Waals surface area contributed by atoms with E-state index < -0.39 is 5.41 Å². The Morgan fingerprint density at radius 1 is 1.06 bits per heavy atom. The Kier molecular flexibility index (Phi) is 8.26. The second-order valence-electron chi connectivity index (χ2n) is 4.89. The molecular weight excluding hydrogens is 204 g/mol. The maximum absolute atomic E-state index is 11.7. The Balaban J connectivity index is 3.76. The van der Waals surface area contributed by atoms with Crippen molar-refractivity contribution in [1.29, 1.82) is 0 Å². The molecule has 0 bridgehead atoms. The largest absolute Gasteiger partial charge is 0.347 e. The van der Waals surface area contributed by atoms with Crippen molar-refractivity contribution in [2.45, 2.75) is 66.2 Å². The number of carbonyl (C=O) groups excluding carboxylic acids is 1. The van der Waals surface area contributed by atoms with Crippen molar-refractivity contribution in [2.75, 3.05) is 6.61 Å². The van der Waals surface area contributed by atoms with Crippen molar-refractivity contribution in [3.05, 3.63) is 0 Å². The zero-order valence-corrected chi connectivity index (χ0v) is 11.2. The van der Waals surface area contributed by atoms with Crippen LogP contribution in [-0.4, -0.2) is 12.6 Å². The number of rotatable bonds is 9. The molecule has 96 valence electrons. The topological polar surface area (TPSA) is 35.5 Å². The van der Waals surface area contributed by atoms with E-state index in [0.717, 1.165) is 38.5 Å². The average Bonchev–Trinajstić information content (AvgIpc) is 2.24. The summed E-state index contributed by atoms with van der Waals surface area (Å²) in [6, 6.07) is 0. The summed E-state index contributed by atoms with van der Waals surface area (Å²) < 4.78 is 0. The molecule has 3 nitrogen and oxygen atoms in total. The van der Waals surface area contributed by atoms with E-state index in [9.17, 15) is 4.79 Å². The third kappa shape index (κ3) is 6.83. The van der Waals surface area contributed by atoms with Crippen LogP contribution in [0.15, 0.2) is 0 Å². The lowest BCUT2D eigenvalue weighted by atomic mass is 9.87. The minimum atomic E-state index is -0.429. The molecule has 0 heterocycles. The highest BCUT2D eigenvalue weighted by Crippen LogP contribution is 2.25. The Labute approximate surface area is 99.4 Å². The lowest BCUT2D eigenvalue weighted by Gasteiger charge is -2.20. The third-order valence-corrected chi connectivity index (χ3v) is 2.67. The molecule has 0 radical (unpaired) electrons. The average molecular weight is 230 g/mol. The van der Waals surface area contributed by atoms with Gasteiger partial charge in [0.25, 0.3) is 0 Å². The Morgan fingerprint density at radius 3 is 2.25 bits per heavy atom. The van der Waals surface area contributed by atoms with Gasteiger partial charge in [-0.3, -0.25) is 4.89 Å².